The number of hydrogen-bond acceptors (Lipinski definition) is 4. The van der Waals surface area contributed by atoms with E-state index in [9.17, 15) is 9.90 Å². The molecule has 5 nitrogen and oxygen atoms in total. The Labute approximate surface area is 113 Å². The molecule has 0 aliphatic carbocycles. The highest BCUT2D eigenvalue weighted by Crippen LogP contribution is 2.21. The number of anilines is 1. The molecule has 0 aromatic carbocycles. The predicted molar refractivity (Wildman–Crippen MR) is 74.1 cm³/mol. The van der Waals surface area contributed by atoms with Crippen molar-refractivity contribution in [2.75, 3.05) is 25.0 Å². The van der Waals surface area contributed by atoms with Crippen molar-refractivity contribution < 1.29 is 9.90 Å². The molecule has 1 aromatic rings. The van der Waals surface area contributed by atoms with Crippen LogP contribution in [-0.2, 0) is 0 Å². The van der Waals surface area contributed by atoms with Gasteiger partial charge >= 0.3 is 0 Å². The van der Waals surface area contributed by atoms with Gasteiger partial charge in [-0.3, -0.25) is 9.78 Å². The van der Waals surface area contributed by atoms with E-state index in [4.69, 9.17) is 0 Å². The molecule has 0 radical (unpaired) electrons. The van der Waals surface area contributed by atoms with E-state index in [0.717, 1.165) is 12.2 Å². The minimum Gasteiger partial charge on any atom is -0.393 e. The Hall–Kier alpha value is -1.62. The largest absolute Gasteiger partial charge is 0.393 e. The van der Waals surface area contributed by atoms with Gasteiger partial charge in [-0.1, -0.05) is 6.92 Å². The van der Waals surface area contributed by atoms with Crippen LogP contribution in [0.25, 0.3) is 0 Å². The lowest BCUT2D eigenvalue weighted by Crippen LogP contribution is -2.45. The lowest BCUT2D eigenvalue weighted by Gasteiger charge is -2.34. The zero-order valence-corrected chi connectivity index (χ0v) is 11.5. The van der Waals surface area contributed by atoms with Gasteiger partial charge in [-0.2, -0.15) is 0 Å². The third kappa shape index (κ3) is 3.04. The summed E-state index contributed by atoms with van der Waals surface area (Å²) in [5.74, 6) is 0.111. The highest BCUT2D eigenvalue weighted by Gasteiger charge is 2.28. The van der Waals surface area contributed by atoms with Crippen LogP contribution in [-0.4, -0.2) is 46.6 Å². The molecule has 1 amide bonds. The fraction of sp³-hybridized carbons (Fsp3) is 0.571. The molecular formula is C14H21N3O2. The number of carbonyl (C=O) groups is 1. The number of hydrogen-bond donors (Lipinski definition) is 2. The van der Waals surface area contributed by atoms with E-state index < -0.39 is 0 Å². The number of nitrogens with zero attached hydrogens (tertiary/aromatic N) is 2. The molecule has 2 heterocycles. The van der Waals surface area contributed by atoms with Crippen LogP contribution in [0.2, 0.25) is 0 Å². The Bertz CT molecular complexity index is 450. The predicted octanol–water partition coefficient (Wildman–Crippen LogP) is 1.36. The number of rotatable bonds is 3. The topological polar surface area (TPSA) is 65.5 Å². The lowest BCUT2D eigenvalue weighted by atomic mass is 9.96. The Morgan fingerprint density at radius 2 is 2.42 bits per heavy atom. The fourth-order valence-corrected chi connectivity index (χ4v) is 2.40. The number of pyridine rings is 1. The quantitative estimate of drug-likeness (QED) is 0.864. The molecule has 104 valence electrons. The van der Waals surface area contributed by atoms with Gasteiger partial charge in [-0.15, -0.1) is 0 Å². The van der Waals surface area contributed by atoms with Crippen LogP contribution in [0.4, 0.5) is 5.69 Å². The number of aromatic nitrogens is 1. The SMILES string of the molecule is CCNc1ccncc1C(=O)N1CCC(O)C(C)C1. The maximum absolute atomic E-state index is 12.5. The summed E-state index contributed by atoms with van der Waals surface area (Å²) >= 11 is 0. The zero-order valence-electron chi connectivity index (χ0n) is 11.5. The van der Waals surface area contributed by atoms with Gasteiger partial charge in [-0.05, 0) is 25.3 Å². The van der Waals surface area contributed by atoms with E-state index in [1.54, 1.807) is 17.3 Å². The Morgan fingerprint density at radius 3 is 3.11 bits per heavy atom. The van der Waals surface area contributed by atoms with E-state index in [1.165, 1.54) is 0 Å². The van der Waals surface area contributed by atoms with Gasteiger partial charge in [0.05, 0.1) is 17.4 Å². The van der Waals surface area contributed by atoms with E-state index in [1.807, 2.05) is 19.9 Å². The second-order valence-electron chi connectivity index (χ2n) is 5.04. The van der Waals surface area contributed by atoms with Crippen molar-refractivity contribution in [3.8, 4) is 0 Å². The van der Waals surface area contributed by atoms with Gasteiger partial charge in [0.25, 0.3) is 5.91 Å². The van der Waals surface area contributed by atoms with E-state index in [0.29, 0.717) is 25.1 Å². The summed E-state index contributed by atoms with van der Waals surface area (Å²) in [4.78, 5) is 18.4. The normalized spacial score (nSPS) is 23.2. The van der Waals surface area contributed by atoms with Crippen LogP contribution < -0.4 is 5.32 Å². The monoisotopic (exact) mass is 263 g/mol. The number of aliphatic hydroxyl groups excluding tert-OH is 1. The van der Waals surface area contributed by atoms with E-state index >= 15 is 0 Å². The molecule has 2 atom stereocenters. The van der Waals surface area contributed by atoms with Crippen LogP contribution in [0, 0.1) is 5.92 Å². The first-order chi connectivity index (χ1) is 9.13. The van der Waals surface area contributed by atoms with Crippen molar-refractivity contribution in [1.29, 1.82) is 0 Å². The molecule has 1 saturated heterocycles. The maximum Gasteiger partial charge on any atom is 0.257 e. The third-order valence-electron chi connectivity index (χ3n) is 3.57. The van der Waals surface area contributed by atoms with Crippen molar-refractivity contribution in [2.45, 2.75) is 26.4 Å². The highest BCUT2D eigenvalue weighted by molar-refractivity contribution is 5.99. The number of likely N-dealkylation sites (tertiary alicyclic amines) is 1. The molecule has 1 aromatic heterocycles. The van der Waals surface area contributed by atoms with Crippen LogP contribution in [0.1, 0.15) is 30.6 Å². The van der Waals surface area contributed by atoms with Crippen LogP contribution in [0.5, 0.6) is 0 Å². The summed E-state index contributed by atoms with van der Waals surface area (Å²) in [6.07, 6.45) is 3.63. The van der Waals surface area contributed by atoms with Crippen LogP contribution >= 0.6 is 0 Å². The first kappa shape index (κ1) is 13.8. The van der Waals surface area contributed by atoms with Crippen molar-refractivity contribution in [2.24, 2.45) is 5.92 Å². The smallest absolute Gasteiger partial charge is 0.257 e. The standard InChI is InChI=1S/C14H21N3O2/c1-3-16-12-4-6-15-8-11(12)14(19)17-7-5-13(18)10(2)9-17/h4,6,8,10,13,18H,3,5,7,9H2,1-2H3,(H,15,16). The Morgan fingerprint density at radius 1 is 1.63 bits per heavy atom. The summed E-state index contributed by atoms with van der Waals surface area (Å²) in [7, 11) is 0. The first-order valence-corrected chi connectivity index (χ1v) is 6.78. The number of amides is 1. The summed E-state index contributed by atoms with van der Waals surface area (Å²) in [6.45, 7) is 5.93. The average Bonchev–Trinajstić information content (AvgIpc) is 2.42. The fourth-order valence-electron chi connectivity index (χ4n) is 2.40. The summed E-state index contributed by atoms with van der Waals surface area (Å²) in [5, 5.41) is 12.9. The van der Waals surface area contributed by atoms with E-state index in [-0.39, 0.29) is 17.9 Å². The Balaban J connectivity index is 2.15. The van der Waals surface area contributed by atoms with Gasteiger partial charge in [0.1, 0.15) is 0 Å². The van der Waals surface area contributed by atoms with Crippen molar-refractivity contribution in [3.63, 3.8) is 0 Å². The number of nitrogens with one attached hydrogen (secondary N) is 1. The van der Waals surface area contributed by atoms with Gasteiger partial charge in [0.2, 0.25) is 0 Å². The first-order valence-electron chi connectivity index (χ1n) is 6.78. The van der Waals surface area contributed by atoms with Crippen molar-refractivity contribution in [3.05, 3.63) is 24.0 Å². The average molecular weight is 263 g/mol. The molecule has 2 N–H and O–H groups in total. The minimum atomic E-state index is -0.300. The van der Waals surface area contributed by atoms with Gasteiger partial charge < -0.3 is 15.3 Å². The molecular weight excluding hydrogens is 242 g/mol. The molecule has 0 bridgehead atoms. The van der Waals surface area contributed by atoms with Crippen molar-refractivity contribution in [1.82, 2.24) is 9.88 Å². The number of aliphatic hydroxyl groups is 1. The maximum atomic E-state index is 12.5. The Kier molecular flexibility index (Phi) is 4.37. The number of carbonyl (C=O) groups excluding carboxylic acids is 1. The molecule has 0 spiro atoms. The second kappa shape index (κ2) is 6.02. The van der Waals surface area contributed by atoms with Gasteiger partial charge in [0, 0.05) is 32.0 Å². The minimum absolute atomic E-state index is 0.0113. The van der Waals surface area contributed by atoms with Crippen molar-refractivity contribution >= 4 is 11.6 Å². The molecule has 2 rings (SSSR count). The second-order valence-corrected chi connectivity index (χ2v) is 5.04. The third-order valence-corrected chi connectivity index (χ3v) is 3.57. The molecule has 19 heavy (non-hydrogen) atoms. The highest BCUT2D eigenvalue weighted by atomic mass is 16.3. The summed E-state index contributed by atoms with van der Waals surface area (Å²) in [6, 6.07) is 1.82. The van der Waals surface area contributed by atoms with Crippen LogP contribution in [0.3, 0.4) is 0 Å². The molecule has 1 fully saturated rings. The lowest BCUT2D eigenvalue weighted by molar-refractivity contribution is 0.0298. The molecule has 0 saturated carbocycles. The molecule has 2 unspecified atom stereocenters. The van der Waals surface area contributed by atoms with Gasteiger partial charge in [-0.25, -0.2) is 0 Å². The molecule has 1 aliphatic rings. The molecule has 5 heteroatoms. The summed E-state index contributed by atoms with van der Waals surface area (Å²) < 4.78 is 0. The van der Waals surface area contributed by atoms with Gasteiger partial charge in [0.15, 0.2) is 0 Å². The van der Waals surface area contributed by atoms with E-state index in [2.05, 4.69) is 10.3 Å². The number of piperidine rings is 1. The summed E-state index contributed by atoms with van der Waals surface area (Å²) in [5.41, 5.74) is 1.43. The van der Waals surface area contributed by atoms with Crippen LogP contribution in [0.15, 0.2) is 18.5 Å². The zero-order chi connectivity index (χ0) is 13.8. The molecule has 1 aliphatic heterocycles.